The Morgan fingerprint density at radius 3 is 2.76 bits per heavy atom. The lowest BCUT2D eigenvalue weighted by atomic mass is 10.4. The third-order valence-electron chi connectivity index (χ3n) is 2.45. The summed E-state index contributed by atoms with van der Waals surface area (Å²) in [5.74, 6) is -0.986. The normalized spacial score (nSPS) is 11.3. The first-order valence-corrected chi connectivity index (χ1v) is 7.61. The highest BCUT2D eigenvalue weighted by Gasteiger charge is 2.17. The summed E-state index contributed by atoms with van der Waals surface area (Å²) in [4.78, 5) is 14.2. The van der Waals surface area contributed by atoms with Crippen LogP contribution in [-0.4, -0.2) is 34.3 Å². The number of carbonyl (C=O) groups is 1. The van der Waals surface area contributed by atoms with E-state index in [0.29, 0.717) is 0 Å². The summed E-state index contributed by atoms with van der Waals surface area (Å²) in [5, 5.41) is 12.6. The highest BCUT2D eigenvalue weighted by molar-refractivity contribution is 7.92. The summed E-state index contributed by atoms with van der Waals surface area (Å²) >= 11 is 5.61. The quantitative estimate of drug-likeness (QED) is 0.769. The van der Waals surface area contributed by atoms with Crippen LogP contribution in [-0.2, 0) is 21.4 Å². The molecule has 0 aromatic carbocycles. The highest BCUT2D eigenvalue weighted by Crippen LogP contribution is 2.16. The van der Waals surface area contributed by atoms with Crippen LogP contribution >= 0.6 is 11.6 Å². The van der Waals surface area contributed by atoms with E-state index in [2.05, 4.69) is 14.8 Å². The summed E-state index contributed by atoms with van der Waals surface area (Å²) < 4.78 is 27.8. The van der Waals surface area contributed by atoms with Crippen LogP contribution in [0.15, 0.2) is 35.6 Å². The van der Waals surface area contributed by atoms with Crippen LogP contribution in [0.4, 0.5) is 5.69 Å². The fourth-order valence-corrected chi connectivity index (χ4v) is 2.57. The summed E-state index contributed by atoms with van der Waals surface area (Å²) in [7, 11) is -3.81. The zero-order chi connectivity index (χ0) is 15.5. The van der Waals surface area contributed by atoms with E-state index in [1.165, 1.54) is 29.2 Å². The van der Waals surface area contributed by atoms with Gasteiger partial charge in [-0.25, -0.2) is 13.4 Å². The van der Waals surface area contributed by atoms with E-state index in [0.717, 1.165) is 6.20 Å². The van der Waals surface area contributed by atoms with Crippen LogP contribution in [0.3, 0.4) is 0 Å². The maximum absolute atomic E-state index is 12.1. The second kappa shape index (κ2) is 6.10. The number of anilines is 1. The fourth-order valence-electron chi connectivity index (χ4n) is 1.47. The lowest BCUT2D eigenvalue weighted by Crippen LogP contribution is -2.12. The maximum Gasteiger partial charge on any atom is 0.305 e. The standard InChI is InChI=1S/C11H11ClN4O4S/c12-10-2-1-8(5-13-10)15-21(19,20)9-6-14-16(7-9)4-3-11(17)18/h1-2,5-7,15H,3-4H2,(H,17,18). The van der Waals surface area contributed by atoms with Gasteiger partial charge in [-0.15, -0.1) is 0 Å². The predicted octanol–water partition coefficient (Wildman–Crippen LogP) is 1.21. The van der Waals surface area contributed by atoms with Gasteiger partial charge in [-0.3, -0.25) is 14.2 Å². The number of aromatic nitrogens is 3. The molecule has 0 aliphatic carbocycles. The monoisotopic (exact) mass is 330 g/mol. The Hall–Kier alpha value is -2.13. The third kappa shape index (κ3) is 4.17. The second-order valence-corrected chi connectivity index (χ2v) is 6.13. The largest absolute Gasteiger partial charge is 0.481 e. The molecule has 2 aromatic heterocycles. The minimum absolute atomic E-state index is 0.0668. The number of hydrogen-bond donors (Lipinski definition) is 2. The molecule has 21 heavy (non-hydrogen) atoms. The minimum Gasteiger partial charge on any atom is -0.481 e. The number of nitrogens with zero attached hydrogens (tertiary/aromatic N) is 3. The molecule has 112 valence electrons. The van der Waals surface area contributed by atoms with Gasteiger partial charge >= 0.3 is 5.97 Å². The van der Waals surface area contributed by atoms with Crippen LogP contribution in [0.1, 0.15) is 6.42 Å². The average molecular weight is 331 g/mol. The molecule has 2 heterocycles. The summed E-state index contributed by atoms with van der Waals surface area (Å²) in [6, 6.07) is 2.93. The van der Waals surface area contributed by atoms with Crippen LogP contribution in [0.2, 0.25) is 5.15 Å². The van der Waals surface area contributed by atoms with Crippen molar-refractivity contribution in [1.29, 1.82) is 0 Å². The number of nitrogens with one attached hydrogen (secondary N) is 1. The van der Waals surface area contributed by atoms with Gasteiger partial charge in [0.05, 0.1) is 31.0 Å². The number of aryl methyl sites for hydroxylation is 1. The van der Waals surface area contributed by atoms with Gasteiger partial charge in [-0.05, 0) is 12.1 Å². The van der Waals surface area contributed by atoms with Crippen LogP contribution < -0.4 is 4.72 Å². The maximum atomic E-state index is 12.1. The molecule has 10 heteroatoms. The first kappa shape index (κ1) is 15.3. The molecule has 0 amide bonds. The van der Waals surface area contributed by atoms with Crippen LogP contribution in [0, 0.1) is 0 Å². The predicted molar refractivity (Wildman–Crippen MR) is 74.5 cm³/mol. The van der Waals surface area contributed by atoms with Crippen molar-refractivity contribution in [3.05, 3.63) is 35.9 Å². The number of pyridine rings is 1. The second-order valence-electron chi connectivity index (χ2n) is 4.06. The molecule has 2 N–H and O–H groups in total. The van der Waals surface area contributed by atoms with Crippen molar-refractivity contribution in [2.75, 3.05) is 4.72 Å². The minimum atomic E-state index is -3.81. The van der Waals surface area contributed by atoms with E-state index in [1.807, 2.05) is 0 Å². The number of hydrogen-bond acceptors (Lipinski definition) is 5. The zero-order valence-corrected chi connectivity index (χ0v) is 12.2. The number of rotatable bonds is 6. The molecule has 0 aliphatic rings. The van der Waals surface area contributed by atoms with Gasteiger partial charge in [0.25, 0.3) is 10.0 Å². The molecule has 8 nitrogen and oxygen atoms in total. The molecule has 0 unspecified atom stereocenters. The van der Waals surface area contributed by atoms with Crippen molar-refractivity contribution in [2.24, 2.45) is 0 Å². The van der Waals surface area contributed by atoms with E-state index < -0.39 is 16.0 Å². The van der Waals surface area contributed by atoms with Gasteiger partial charge in [0, 0.05) is 6.20 Å². The number of halogens is 1. The smallest absolute Gasteiger partial charge is 0.305 e. The van der Waals surface area contributed by atoms with E-state index in [4.69, 9.17) is 16.7 Å². The van der Waals surface area contributed by atoms with E-state index >= 15 is 0 Å². The van der Waals surface area contributed by atoms with Gasteiger partial charge < -0.3 is 5.11 Å². The van der Waals surface area contributed by atoms with Crippen molar-refractivity contribution in [2.45, 2.75) is 17.9 Å². The van der Waals surface area contributed by atoms with Gasteiger partial charge in [0.2, 0.25) is 0 Å². The number of carboxylic acids is 1. The van der Waals surface area contributed by atoms with Gasteiger partial charge in [-0.1, -0.05) is 11.6 Å². The molecule has 0 atom stereocenters. The lowest BCUT2D eigenvalue weighted by molar-refractivity contribution is -0.137. The Kier molecular flexibility index (Phi) is 4.43. The van der Waals surface area contributed by atoms with E-state index in [-0.39, 0.29) is 28.7 Å². The van der Waals surface area contributed by atoms with Crippen LogP contribution in [0.5, 0.6) is 0 Å². The summed E-state index contributed by atoms with van der Waals surface area (Å²) in [5.41, 5.74) is 0.262. The van der Waals surface area contributed by atoms with E-state index in [1.54, 1.807) is 0 Å². The van der Waals surface area contributed by atoms with Crippen molar-refractivity contribution in [1.82, 2.24) is 14.8 Å². The first-order valence-electron chi connectivity index (χ1n) is 5.75. The topological polar surface area (TPSA) is 114 Å². The molecule has 0 spiro atoms. The molecular formula is C11H11ClN4O4S. The summed E-state index contributed by atoms with van der Waals surface area (Å²) in [6.45, 7) is 0.0906. The fraction of sp³-hybridized carbons (Fsp3) is 0.182. The SMILES string of the molecule is O=C(O)CCn1cc(S(=O)(=O)Nc2ccc(Cl)nc2)cn1. The number of sulfonamides is 1. The van der Waals surface area contributed by atoms with Crippen LogP contribution in [0.25, 0.3) is 0 Å². The van der Waals surface area contributed by atoms with Crippen molar-refractivity contribution in [3.8, 4) is 0 Å². The Morgan fingerprint density at radius 2 is 2.14 bits per heavy atom. The number of carboxylic acid groups (broad SMARTS) is 1. The number of aliphatic carboxylic acids is 1. The molecule has 0 saturated carbocycles. The molecule has 2 aromatic rings. The van der Waals surface area contributed by atoms with Crippen molar-refractivity contribution in [3.63, 3.8) is 0 Å². The molecule has 0 aliphatic heterocycles. The molecular weight excluding hydrogens is 320 g/mol. The lowest BCUT2D eigenvalue weighted by Gasteiger charge is -2.05. The Morgan fingerprint density at radius 1 is 1.38 bits per heavy atom. The van der Waals surface area contributed by atoms with Crippen molar-refractivity contribution >= 4 is 33.3 Å². The van der Waals surface area contributed by atoms with Gasteiger partial charge in [0.1, 0.15) is 10.0 Å². The average Bonchev–Trinajstić information content (AvgIpc) is 2.88. The highest BCUT2D eigenvalue weighted by atomic mass is 35.5. The van der Waals surface area contributed by atoms with E-state index in [9.17, 15) is 13.2 Å². The molecule has 0 radical (unpaired) electrons. The Labute approximate surface area is 125 Å². The van der Waals surface area contributed by atoms with Crippen molar-refractivity contribution < 1.29 is 18.3 Å². The Balaban J connectivity index is 2.12. The third-order valence-corrected chi connectivity index (χ3v) is 4.01. The summed E-state index contributed by atoms with van der Waals surface area (Å²) in [6.07, 6.45) is 3.55. The molecule has 0 bridgehead atoms. The molecule has 0 saturated heterocycles. The Bertz CT molecular complexity index is 742. The van der Waals surface area contributed by atoms with Gasteiger partial charge in [0.15, 0.2) is 0 Å². The molecule has 2 rings (SSSR count). The first-order chi connectivity index (χ1) is 9.87. The molecule has 0 fully saturated rings. The zero-order valence-electron chi connectivity index (χ0n) is 10.6. The van der Waals surface area contributed by atoms with Gasteiger partial charge in [-0.2, -0.15) is 5.10 Å².